The molecule has 0 atom stereocenters. The molecule has 0 radical (unpaired) electrons. The van der Waals surface area contributed by atoms with E-state index in [1.165, 1.54) is 5.48 Å². The van der Waals surface area contributed by atoms with Crippen molar-refractivity contribution in [3.05, 3.63) is 0 Å². The normalized spacial score (nSPS) is 23.0. The summed E-state index contributed by atoms with van der Waals surface area (Å²) in [7, 11) is -3.15. The number of nitrogens with zero attached hydrogens (tertiary/aromatic N) is 1. The Balaban J connectivity index is 2.74. The van der Waals surface area contributed by atoms with Gasteiger partial charge >= 0.3 is 16.4 Å². The number of urea groups is 1. The minimum Gasteiger partial charge on any atom is -0.247 e. The minimum absolute atomic E-state index is 0.124. The first-order chi connectivity index (χ1) is 5.05. The van der Waals surface area contributed by atoms with Crippen LogP contribution in [0.3, 0.4) is 0 Å². The third-order valence-electron chi connectivity index (χ3n) is 0.722. The van der Waals surface area contributed by atoms with Crippen LogP contribution in [0.1, 0.15) is 0 Å². The molecule has 9 heteroatoms. The fraction of sp³-hybridized carbons (Fsp3) is 0.500. The second kappa shape index (κ2) is 2.62. The summed E-state index contributed by atoms with van der Waals surface area (Å²) in [5, 5.41) is 0.124. The molecule has 8 nitrogen and oxygen atoms in total. The summed E-state index contributed by atoms with van der Waals surface area (Å²) in [5.74, 6) is 0. The van der Waals surface area contributed by atoms with E-state index in [4.69, 9.17) is 0 Å². The predicted molar refractivity (Wildman–Crippen MR) is 28.5 cm³/mol. The fourth-order valence-corrected chi connectivity index (χ4v) is 0.867. The van der Waals surface area contributed by atoms with Crippen LogP contribution >= 0.6 is 0 Å². The Morgan fingerprint density at radius 2 is 2.27 bits per heavy atom. The SMILES string of the molecule is CON1OS(=O)(=O)ONC1=O. The van der Waals surface area contributed by atoms with Gasteiger partial charge in [-0.3, -0.25) is 0 Å². The molecule has 1 aliphatic rings. The van der Waals surface area contributed by atoms with Crippen molar-refractivity contribution in [3.8, 4) is 0 Å². The highest BCUT2D eigenvalue weighted by atomic mass is 32.3. The van der Waals surface area contributed by atoms with Crippen molar-refractivity contribution in [1.82, 2.24) is 10.7 Å². The number of hydrogen-bond donors (Lipinski definition) is 1. The lowest BCUT2D eigenvalue weighted by Gasteiger charge is -2.20. The van der Waals surface area contributed by atoms with Crippen LogP contribution in [0, 0.1) is 0 Å². The van der Waals surface area contributed by atoms with Gasteiger partial charge in [0.2, 0.25) is 0 Å². The van der Waals surface area contributed by atoms with E-state index < -0.39 is 16.4 Å². The summed E-state index contributed by atoms with van der Waals surface area (Å²) < 4.78 is 28.4. The van der Waals surface area contributed by atoms with Gasteiger partial charge in [0, 0.05) is 0 Å². The average molecular weight is 184 g/mol. The number of amides is 2. The number of hydroxylamine groups is 3. The van der Waals surface area contributed by atoms with E-state index in [2.05, 4.69) is 13.4 Å². The lowest BCUT2D eigenvalue weighted by molar-refractivity contribution is -0.272. The molecule has 0 unspecified atom stereocenters. The molecule has 64 valence electrons. The molecule has 0 saturated carbocycles. The van der Waals surface area contributed by atoms with Gasteiger partial charge in [-0.05, 0) is 5.23 Å². The van der Waals surface area contributed by atoms with Gasteiger partial charge in [0.1, 0.15) is 0 Å². The first-order valence-corrected chi connectivity index (χ1v) is 3.66. The smallest absolute Gasteiger partial charge is 0.247 e. The van der Waals surface area contributed by atoms with Gasteiger partial charge in [-0.2, -0.15) is 13.9 Å². The van der Waals surface area contributed by atoms with Crippen molar-refractivity contribution >= 4 is 16.4 Å². The molecule has 0 aromatic carbocycles. The summed E-state index contributed by atoms with van der Waals surface area (Å²) in [6.45, 7) is 0. The lowest BCUT2D eigenvalue weighted by atomic mass is 11.1. The maximum absolute atomic E-state index is 10.5. The highest BCUT2D eigenvalue weighted by Crippen LogP contribution is 2.05. The van der Waals surface area contributed by atoms with Gasteiger partial charge < -0.3 is 0 Å². The zero-order chi connectivity index (χ0) is 8.48. The van der Waals surface area contributed by atoms with Crippen molar-refractivity contribution < 1.29 is 26.6 Å². The largest absolute Gasteiger partial charge is 0.444 e. The van der Waals surface area contributed by atoms with Gasteiger partial charge in [0.25, 0.3) is 0 Å². The van der Waals surface area contributed by atoms with Crippen molar-refractivity contribution in [3.63, 3.8) is 0 Å². The Kier molecular flexibility index (Phi) is 1.95. The zero-order valence-corrected chi connectivity index (χ0v) is 6.12. The van der Waals surface area contributed by atoms with E-state index in [1.54, 1.807) is 0 Å². The van der Waals surface area contributed by atoms with E-state index in [0.29, 0.717) is 0 Å². The number of rotatable bonds is 1. The second-order valence-corrected chi connectivity index (χ2v) is 2.55. The Morgan fingerprint density at radius 3 is 2.73 bits per heavy atom. The number of hydrogen-bond acceptors (Lipinski definition) is 6. The Hall–Kier alpha value is -0.900. The fourth-order valence-electron chi connectivity index (χ4n) is 0.369. The average Bonchev–Trinajstić information content (AvgIpc) is 1.94. The molecule has 1 rings (SSSR count). The summed E-state index contributed by atoms with van der Waals surface area (Å²) in [6, 6.07) is -0.970. The summed E-state index contributed by atoms with van der Waals surface area (Å²) in [4.78, 5) is 14.7. The van der Waals surface area contributed by atoms with Crippen LogP contribution in [0.4, 0.5) is 4.79 Å². The quantitative estimate of drug-likeness (QED) is 0.543. The van der Waals surface area contributed by atoms with Crippen LogP contribution in [0.25, 0.3) is 0 Å². The van der Waals surface area contributed by atoms with E-state index >= 15 is 0 Å². The molecule has 1 N–H and O–H groups in total. The highest BCUT2D eigenvalue weighted by molar-refractivity contribution is 7.81. The Labute approximate surface area is 61.8 Å². The monoisotopic (exact) mass is 184 g/mol. The van der Waals surface area contributed by atoms with Gasteiger partial charge in [0.05, 0.1) is 7.11 Å². The van der Waals surface area contributed by atoms with Gasteiger partial charge in [-0.25, -0.2) is 9.63 Å². The molecule has 1 aliphatic heterocycles. The van der Waals surface area contributed by atoms with Crippen LogP contribution in [-0.2, 0) is 23.8 Å². The Morgan fingerprint density at radius 1 is 1.64 bits per heavy atom. The third kappa shape index (κ3) is 1.77. The molecule has 0 bridgehead atoms. The van der Waals surface area contributed by atoms with Gasteiger partial charge in [-0.15, -0.1) is 4.28 Å². The summed E-state index contributed by atoms with van der Waals surface area (Å²) in [6.07, 6.45) is 0. The standard InChI is InChI=1S/C2H4N2O6S/c1-8-4-2(5)3-9-11(6,7)10-4/h1H3,(H,3,5). The van der Waals surface area contributed by atoms with Crippen LogP contribution in [0.2, 0.25) is 0 Å². The molecule has 1 saturated heterocycles. The zero-order valence-electron chi connectivity index (χ0n) is 5.30. The van der Waals surface area contributed by atoms with Crippen molar-refractivity contribution in [1.29, 1.82) is 0 Å². The third-order valence-corrected chi connectivity index (χ3v) is 1.33. The van der Waals surface area contributed by atoms with Gasteiger partial charge in [-0.1, -0.05) is 4.28 Å². The minimum atomic E-state index is -4.21. The molecule has 0 aromatic rings. The molecular weight excluding hydrogens is 180 g/mol. The molecule has 2 amide bonds. The van der Waals surface area contributed by atoms with Crippen LogP contribution < -0.4 is 5.48 Å². The van der Waals surface area contributed by atoms with E-state index in [0.717, 1.165) is 7.11 Å². The highest BCUT2D eigenvalue weighted by Gasteiger charge is 2.31. The van der Waals surface area contributed by atoms with Crippen LogP contribution in [0.15, 0.2) is 0 Å². The van der Waals surface area contributed by atoms with Gasteiger partial charge in [0.15, 0.2) is 0 Å². The Bertz CT molecular complexity index is 258. The van der Waals surface area contributed by atoms with Crippen LogP contribution in [-0.4, -0.2) is 26.8 Å². The van der Waals surface area contributed by atoms with E-state index in [-0.39, 0.29) is 5.23 Å². The topological polar surface area (TPSA) is 94.2 Å². The maximum Gasteiger partial charge on any atom is 0.444 e. The molecule has 0 spiro atoms. The summed E-state index contributed by atoms with van der Waals surface area (Å²) in [5.41, 5.74) is 1.52. The molecule has 11 heavy (non-hydrogen) atoms. The molecule has 1 heterocycles. The molecule has 1 fully saturated rings. The van der Waals surface area contributed by atoms with Crippen molar-refractivity contribution in [2.24, 2.45) is 0 Å². The van der Waals surface area contributed by atoms with Crippen LogP contribution in [0.5, 0.6) is 0 Å². The first kappa shape index (κ1) is 8.20. The first-order valence-electron chi connectivity index (χ1n) is 2.32. The maximum atomic E-state index is 10.5. The molecule has 0 aromatic heterocycles. The van der Waals surface area contributed by atoms with Crippen molar-refractivity contribution in [2.45, 2.75) is 0 Å². The lowest BCUT2D eigenvalue weighted by Crippen LogP contribution is -2.47. The van der Waals surface area contributed by atoms with Crippen molar-refractivity contribution in [2.75, 3.05) is 7.11 Å². The second-order valence-electron chi connectivity index (χ2n) is 1.41. The number of nitrogens with one attached hydrogen (secondary N) is 1. The summed E-state index contributed by atoms with van der Waals surface area (Å²) >= 11 is 0. The van der Waals surface area contributed by atoms with E-state index in [9.17, 15) is 13.2 Å². The predicted octanol–water partition coefficient (Wildman–Crippen LogP) is -1.32. The van der Waals surface area contributed by atoms with E-state index in [1.807, 2.05) is 0 Å². The number of carbonyl (C=O) groups is 1. The molecular formula is C2H4N2O6S. The number of carbonyl (C=O) groups excluding carboxylic acids is 1. The molecule has 0 aliphatic carbocycles.